The van der Waals surface area contributed by atoms with Crippen LogP contribution in [0.25, 0.3) is 0 Å². The molecule has 0 aromatic heterocycles. The van der Waals surface area contributed by atoms with E-state index in [2.05, 4.69) is 33.0 Å². The van der Waals surface area contributed by atoms with Crippen molar-refractivity contribution in [1.29, 1.82) is 0 Å². The Morgan fingerprint density at radius 2 is 1.28 bits per heavy atom. The SMILES string of the molecule is CCCCCCCCCCC(C)(C)CNCCC. The van der Waals surface area contributed by atoms with E-state index in [0.29, 0.717) is 5.41 Å². The van der Waals surface area contributed by atoms with Gasteiger partial charge in [-0.2, -0.15) is 0 Å². The first-order valence-corrected chi connectivity index (χ1v) is 8.33. The van der Waals surface area contributed by atoms with Crippen LogP contribution in [0.1, 0.15) is 91.9 Å². The Morgan fingerprint density at radius 3 is 1.83 bits per heavy atom. The number of unbranched alkanes of at least 4 members (excludes halogenated alkanes) is 7. The second-order valence-electron chi connectivity index (χ2n) is 6.57. The molecule has 0 spiro atoms. The smallest absolute Gasteiger partial charge is 0.000251 e. The van der Waals surface area contributed by atoms with Gasteiger partial charge in [-0.3, -0.25) is 0 Å². The molecule has 0 saturated carbocycles. The van der Waals surface area contributed by atoms with Crippen molar-refractivity contribution in [1.82, 2.24) is 5.32 Å². The lowest BCUT2D eigenvalue weighted by Gasteiger charge is -2.25. The van der Waals surface area contributed by atoms with Gasteiger partial charge >= 0.3 is 0 Å². The average Bonchev–Trinajstić information content (AvgIpc) is 2.33. The fourth-order valence-electron chi connectivity index (χ4n) is 2.43. The Bertz CT molecular complexity index is 163. The van der Waals surface area contributed by atoms with Crippen LogP contribution in [0.2, 0.25) is 0 Å². The summed E-state index contributed by atoms with van der Waals surface area (Å²) >= 11 is 0. The normalized spacial score (nSPS) is 12.0. The first kappa shape index (κ1) is 18.0. The Morgan fingerprint density at radius 1 is 0.722 bits per heavy atom. The van der Waals surface area contributed by atoms with Crippen LogP contribution in [-0.4, -0.2) is 13.1 Å². The molecule has 0 amide bonds. The fourth-order valence-corrected chi connectivity index (χ4v) is 2.43. The van der Waals surface area contributed by atoms with Gasteiger partial charge in [0.15, 0.2) is 0 Å². The van der Waals surface area contributed by atoms with E-state index in [-0.39, 0.29) is 0 Å². The summed E-state index contributed by atoms with van der Waals surface area (Å²) in [7, 11) is 0. The van der Waals surface area contributed by atoms with Crippen LogP contribution in [0, 0.1) is 5.41 Å². The minimum atomic E-state index is 0.484. The van der Waals surface area contributed by atoms with Gasteiger partial charge in [0.05, 0.1) is 0 Å². The molecule has 0 heterocycles. The molecule has 0 radical (unpaired) electrons. The molecule has 0 aromatic carbocycles. The van der Waals surface area contributed by atoms with Gasteiger partial charge in [0.1, 0.15) is 0 Å². The summed E-state index contributed by atoms with van der Waals surface area (Å²) in [6.07, 6.45) is 14.1. The second kappa shape index (κ2) is 12.0. The van der Waals surface area contributed by atoms with Crippen molar-refractivity contribution in [2.75, 3.05) is 13.1 Å². The van der Waals surface area contributed by atoms with Gasteiger partial charge in [0, 0.05) is 6.54 Å². The van der Waals surface area contributed by atoms with E-state index in [1.54, 1.807) is 0 Å². The van der Waals surface area contributed by atoms with E-state index in [9.17, 15) is 0 Å². The summed E-state index contributed by atoms with van der Waals surface area (Å²) in [6, 6.07) is 0. The maximum Gasteiger partial charge on any atom is 0.000251 e. The lowest BCUT2D eigenvalue weighted by Crippen LogP contribution is -2.29. The molecule has 110 valence electrons. The minimum Gasteiger partial charge on any atom is -0.316 e. The lowest BCUT2D eigenvalue weighted by molar-refractivity contribution is 0.301. The number of hydrogen-bond donors (Lipinski definition) is 1. The van der Waals surface area contributed by atoms with Crippen LogP contribution in [0.4, 0.5) is 0 Å². The molecule has 0 aliphatic carbocycles. The van der Waals surface area contributed by atoms with E-state index in [1.807, 2.05) is 0 Å². The van der Waals surface area contributed by atoms with Gasteiger partial charge in [0.25, 0.3) is 0 Å². The van der Waals surface area contributed by atoms with Crippen LogP contribution < -0.4 is 5.32 Å². The molecule has 0 aliphatic rings. The van der Waals surface area contributed by atoms with Crippen molar-refractivity contribution >= 4 is 0 Å². The third-order valence-corrected chi connectivity index (χ3v) is 3.74. The molecule has 0 bridgehead atoms. The standard InChI is InChI=1S/C17H37N/c1-5-7-8-9-10-11-12-13-14-17(3,4)16-18-15-6-2/h18H,5-16H2,1-4H3. The van der Waals surface area contributed by atoms with E-state index in [0.717, 1.165) is 0 Å². The molecular formula is C17H37N. The first-order chi connectivity index (χ1) is 8.62. The Kier molecular flexibility index (Phi) is 12.0. The van der Waals surface area contributed by atoms with E-state index in [1.165, 1.54) is 77.3 Å². The number of rotatable bonds is 13. The summed E-state index contributed by atoms with van der Waals surface area (Å²) in [5.74, 6) is 0. The number of nitrogens with one attached hydrogen (secondary N) is 1. The highest BCUT2D eigenvalue weighted by Gasteiger charge is 2.16. The summed E-state index contributed by atoms with van der Waals surface area (Å²) in [6.45, 7) is 11.7. The van der Waals surface area contributed by atoms with Gasteiger partial charge < -0.3 is 5.32 Å². The molecular weight excluding hydrogens is 218 g/mol. The van der Waals surface area contributed by atoms with E-state index >= 15 is 0 Å². The molecule has 1 heteroatoms. The summed E-state index contributed by atoms with van der Waals surface area (Å²) in [5.41, 5.74) is 0.484. The van der Waals surface area contributed by atoms with Crippen LogP contribution in [0.5, 0.6) is 0 Å². The Hall–Kier alpha value is -0.0400. The zero-order valence-corrected chi connectivity index (χ0v) is 13.5. The lowest BCUT2D eigenvalue weighted by atomic mass is 9.86. The molecule has 0 fully saturated rings. The van der Waals surface area contributed by atoms with Crippen molar-refractivity contribution in [2.24, 2.45) is 5.41 Å². The Labute approximate surface area is 116 Å². The maximum atomic E-state index is 3.55. The number of hydrogen-bond acceptors (Lipinski definition) is 1. The first-order valence-electron chi connectivity index (χ1n) is 8.33. The van der Waals surface area contributed by atoms with E-state index in [4.69, 9.17) is 0 Å². The van der Waals surface area contributed by atoms with Crippen molar-refractivity contribution < 1.29 is 0 Å². The third-order valence-electron chi connectivity index (χ3n) is 3.74. The zero-order valence-electron chi connectivity index (χ0n) is 13.5. The second-order valence-corrected chi connectivity index (χ2v) is 6.57. The fraction of sp³-hybridized carbons (Fsp3) is 1.00. The molecule has 0 saturated heterocycles. The highest BCUT2D eigenvalue weighted by molar-refractivity contribution is 4.71. The molecule has 0 aliphatic heterocycles. The van der Waals surface area contributed by atoms with Gasteiger partial charge in [-0.05, 0) is 24.8 Å². The monoisotopic (exact) mass is 255 g/mol. The molecule has 0 rings (SSSR count). The van der Waals surface area contributed by atoms with Gasteiger partial charge in [-0.1, -0.05) is 79.1 Å². The van der Waals surface area contributed by atoms with Crippen LogP contribution in [-0.2, 0) is 0 Å². The van der Waals surface area contributed by atoms with Crippen molar-refractivity contribution in [3.8, 4) is 0 Å². The predicted octanol–water partition coefficient (Wildman–Crippen LogP) is 5.54. The minimum absolute atomic E-state index is 0.484. The average molecular weight is 255 g/mol. The molecule has 0 atom stereocenters. The highest BCUT2D eigenvalue weighted by atomic mass is 14.9. The van der Waals surface area contributed by atoms with Crippen LogP contribution in [0.15, 0.2) is 0 Å². The van der Waals surface area contributed by atoms with Crippen LogP contribution >= 0.6 is 0 Å². The molecule has 18 heavy (non-hydrogen) atoms. The molecule has 1 N–H and O–H groups in total. The van der Waals surface area contributed by atoms with Crippen LogP contribution in [0.3, 0.4) is 0 Å². The quantitative estimate of drug-likeness (QED) is 0.426. The van der Waals surface area contributed by atoms with Gasteiger partial charge in [0.2, 0.25) is 0 Å². The third kappa shape index (κ3) is 12.4. The topological polar surface area (TPSA) is 12.0 Å². The molecule has 0 aromatic rings. The predicted molar refractivity (Wildman–Crippen MR) is 84.2 cm³/mol. The van der Waals surface area contributed by atoms with Crippen molar-refractivity contribution in [2.45, 2.75) is 91.9 Å². The van der Waals surface area contributed by atoms with Crippen molar-refractivity contribution in [3.63, 3.8) is 0 Å². The van der Waals surface area contributed by atoms with E-state index < -0.39 is 0 Å². The largest absolute Gasteiger partial charge is 0.316 e. The summed E-state index contributed by atoms with van der Waals surface area (Å²) in [5, 5.41) is 3.55. The van der Waals surface area contributed by atoms with Crippen molar-refractivity contribution in [3.05, 3.63) is 0 Å². The van der Waals surface area contributed by atoms with Gasteiger partial charge in [-0.25, -0.2) is 0 Å². The summed E-state index contributed by atoms with van der Waals surface area (Å²) in [4.78, 5) is 0. The zero-order chi connectivity index (χ0) is 13.7. The molecule has 1 nitrogen and oxygen atoms in total. The molecule has 0 unspecified atom stereocenters. The Balaban J connectivity index is 3.30. The maximum absolute atomic E-state index is 3.55. The van der Waals surface area contributed by atoms with Gasteiger partial charge in [-0.15, -0.1) is 0 Å². The highest BCUT2D eigenvalue weighted by Crippen LogP contribution is 2.23. The summed E-state index contributed by atoms with van der Waals surface area (Å²) < 4.78 is 0.